The average molecular weight is 274 g/mol. The molecule has 2 heteroatoms. The van der Waals surface area contributed by atoms with E-state index in [-0.39, 0.29) is 6.04 Å². The molecular formula is C18H30N2. The van der Waals surface area contributed by atoms with Gasteiger partial charge in [-0.2, -0.15) is 0 Å². The molecule has 2 unspecified atom stereocenters. The molecule has 1 fully saturated rings. The number of nitrogens with two attached hydrogens (primary N) is 1. The highest BCUT2D eigenvalue weighted by Crippen LogP contribution is 2.41. The summed E-state index contributed by atoms with van der Waals surface area (Å²) in [6, 6.07) is 4.48. The zero-order chi connectivity index (χ0) is 14.8. The molecule has 1 aliphatic rings. The van der Waals surface area contributed by atoms with E-state index in [1.807, 2.05) is 12.4 Å². The van der Waals surface area contributed by atoms with Crippen molar-refractivity contribution in [1.29, 1.82) is 0 Å². The van der Waals surface area contributed by atoms with Gasteiger partial charge in [0.2, 0.25) is 0 Å². The smallest absolute Gasteiger partial charge is 0.0270 e. The molecule has 0 amide bonds. The first-order valence-corrected chi connectivity index (χ1v) is 8.05. The molecule has 112 valence electrons. The predicted molar refractivity (Wildman–Crippen MR) is 85.5 cm³/mol. The van der Waals surface area contributed by atoms with Crippen molar-refractivity contribution in [3.05, 3.63) is 30.1 Å². The molecule has 2 nitrogen and oxygen atoms in total. The van der Waals surface area contributed by atoms with Crippen molar-refractivity contribution < 1.29 is 0 Å². The van der Waals surface area contributed by atoms with Crippen LogP contribution in [0.4, 0.5) is 0 Å². The zero-order valence-corrected chi connectivity index (χ0v) is 13.5. The van der Waals surface area contributed by atoms with E-state index in [0.717, 1.165) is 5.92 Å². The summed E-state index contributed by atoms with van der Waals surface area (Å²) in [6.07, 6.45) is 9.00. The molecule has 2 N–H and O–H groups in total. The van der Waals surface area contributed by atoms with Crippen molar-refractivity contribution in [2.45, 2.75) is 65.3 Å². The lowest BCUT2D eigenvalue weighted by molar-refractivity contribution is 0.135. The molecule has 1 aromatic rings. The highest BCUT2D eigenvalue weighted by molar-refractivity contribution is 5.17. The Balaban J connectivity index is 1.93. The SMILES string of the molecule is CC(c1ccncc1)C(N)C1CCC(C(C)(C)C)CC1. The van der Waals surface area contributed by atoms with Crippen LogP contribution in [-0.2, 0) is 0 Å². The summed E-state index contributed by atoms with van der Waals surface area (Å²) in [5, 5.41) is 0. The molecular weight excluding hydrogens is 244 g/mol. The van der Waals surface area contributed by atoms with Gasteiger partial charge < -0.3 is 5.73 Å². The predicted octanol–water partition coefficient (Wildman–Crippen LogP) is 4.36. The minimum atomic E-state index is 0.276. The van der Waals surface area contributed by atoms with E-state index in [1.165, 1.54) is 31.2 Å². The number of rotatable bonds is 3. The number of hydrogen-bond acceptors (Lipinski definition) is 2. The fraction of sp³-hybridized carbons (Fsp3) is 0.722. The summed E-state index contributed by atoms with van der Waals surface area (Å²) in [4.78, 5) is 4.10. The second-order valence-corrected chi connectivity index (χ2v) is 7.62. The van der Waals surface area contributed by atoms with Gasteiger partial charge in [-0.25, -0.2) is 0 Å². The Kier molecular flexibility index (Phi) is 4.85. The molecule has 1 saturated carbocycles. The van der Waals surface area contributed by atoms with Gasteiger partial charge in [0.25, 0.3) is 0 Å². The fourth-order valence-corrected chi connectivity index (χ4v) is 3.67. The van der Waals surface area contributed by atoms with E-state index in [4.69, 9.17) is 5.73 Å². The summed E-state index contributed by atoms with van der Waals surface area (Å²) >= 11 is 0. The van der Waals surface area contributed by atoms with Crippen LogP contribution < -0.4 is 5.73 Å². The van der Waals surface area contributed by atoms with Gasteiger partial charge >= 0.3 is 0 Å². The summed E-state index contributed by atoms with van der Waals surface area (Å²) < 4.78 is 0. The van der Waals surface area contributed by atoms with Crippen LogP contribution in [0.3, 0.4) is 0 Å². The van der Waals surface area contributed by atoms with Gasteiger partial charge in [-0.3, -0.25) is 4.98 Å². The first kappa shape index (κ1) is 15.5. The summed E-state index contributed by atoms with van der Waals surface area (Å²) in [5.41, 5.74) is 8.33. The van der Waals surface area contributed by atoms with Crippen molar-refractivity contribution in [3.63, 3.8) is 0 Å². The fourth-order valence-electron chi connectivity index (χ4n) is 3.67. The van der Waals surface area contributed by atoms with Crippen LogP contribution >= 0.6 is 0 Å². The first-order valence-electron chi connectivity index (χ1n) is 8.05. The van der Waals surface area contributed by atoms with Gasteiger partial charge in [0.15, 0.2) is 0 Å². The van der Waals surface area contributed by atoms with Crippen LogP contribution in [0.5, 0.6) is 0 Å². The van der Waals surface area contributed by atoms with Gasteiger partial charge in [0.05, 0.1) is 0 Å². The molecule has 1 heterocycles. The number of aromatic nitrogens is 1. The minimum absolute atomic E-state index is 0.276. The van der Waals surface area contributed by atoms with E-state index in [9.17, 15) is 0 Å². The van der Waals surface area contributed by atoms with Gasteiger partial charge in [-0.1, -0.05) is 27.7 Å². The molecule has 20 heavy (non-hydrogen) atoms. The third kappa shape index (κ3) is 3.60. The van der Waals surface area contributed by atoms with Crippen LogP contribution in [0.15, 0.2) is 24.5 Å². The van der Waals surface area contributed by atoms with E-state index < -0.39 is 0 Å². The lowest BCUT2D eigenvalue weighted by Crippen LogP contribution is -2.38. The van der Waals surface area contributed by atoms with Crippen molar-refractivity contribution in [1.82, 2.24) is 4.98 Å². The second kappa shape index (κ2) is 6.26. The Morgan fingerprint density at radius 1 is 1.10 bits per heavy atom. The maximum atomic E-state index is 6.56. The molecule has 0 aromatic carbocycles. The highest BCUT2D eigenvalue weighted by Gasteiger charge is 2.33. The maximum Gasteiger partial charge on any atom is 0.0270 e. The Morgan fingerprint density at radius 2 is 1.65 bits per heavy atom. The minimum Gasteiger partial charge on any atom is -0.327 e. The average Bonchev–Trinajstić information content (AvgIpc) is 2.46. The Labute approximate surface area is 124 Å². The Bertz CT molecular complexity index is 399. The van der Waals surface area contributed by atoms with Crippen LogP contribution in [0.2, 0.25) is 0 Å². The van der Waals surface area contributed by atoms with Gasteiger partial charge in [0, 0.05) is 18.4 Å². The highest BCUT2D eigenvalue weighted by atomic mass is 14.7. The largest absolute Gasteiger partial charge is 0.327 e. The van der Waals surface area contributed by atoms with Gasteiger partial charge in [-0.15, -0.1) is 0 Å². The van der Waals surface area contributed by atoms with E-state index in [0.29, 0.717) is 17.3 Å². The number of hydrogen-bond donors (Lipinski definition) is 1. The Morgan fingerprint density at radius 3 is 2.15 bits per heavy atom. The normalized spacial score (nSPS) is 27.1. The third-order valence-corrected chi connectivity index (χ3v) is 5.35. The van der Waals surface area contributed by atoms with Crippen LogP contribution in [0.1, 0.15) is 64.9 Å². The van der Waals surface area contributed by atoms with Crippen LogP contribution in [0.25, 0.3) is 0 Å². The molecule has 2 atom stereocenters. The molecule has 0 radical (unpaired) electrons. The van der Waals surface area contributed by atoms with E-state index >= 15 is 0 Å². The molecule has 0 aliphatic heterocycles. The standard InChI is InChI=1S/C18H30N2/c1-13(14-9-11-20-12-10-14)17(19)15-5-7-16(8-6-15)18(2,3)4/h9-13,15-17H,5-8,19H2,1-4H3. The topological polar surface area (TPSA) is 38.9 Å². The molecule has 0 spiro atoms. The molecule has 0 saturated heterocycles. The lowest BCUT2D eigenvalue weighted by atomic mass is 9.67. The van der Waals surface area contributed by atoms with E-state index in [1.54, 1.807) is 0 Å². The van der Waals surface area contributed by atoms with Crippen molar-refractivity contribution in [2.24, 2.45) is 23.0 Å². The number of pyridine rings is 1. The van der Waals surface area contributed by atoms with Crippen molar-refractivity contribution in [3.8, 4) is 0 Å². The molecule has 2 rings (SSSR count). The maximum absolute atomic E-state index is 6.56. The zero-order valence-electron chi connectivity index (χ0n) is 13.5. The molecule has 0 bridgehead atoms. The summed E-state index contributed by atoms with van der Waals surface area (Å²) in [6.45, 7) is 9.38. The quantitative estimate of drug-likeness (QED) is 0.889. The summed E-state index contributed by atoms with van der Waals surface area (Å²) in [7, 11) is 0. The second-order valence-electron chi connectivity index (χ2n) is 7.62. The third-order valence-electron chi connectivity index (χ3n) is 5.35. The van der Waals surface area contributed by atoms with Crippen LogP contribution in [0, 0.1) is 17.3 Å². The van der Waals surface area contributed by atoms with Gasteiger partial charge in [-0.05, 0) is 66.5 Å². The van der Waals surface area contributed by atoms with E-state index in [2.05, 4.69) is 44.8 Å². The van der Waals surface area contributed by atoms with Crippen molar-refractivity contribution in [2.75, 3.05) is 0 Å². The summed E-state index contributed by atoms with van der Waals surface area (Å²) in [5.74, 6) is 1.97. The molecule has 1 aliphatic carbocycles. The Hall–Kier alpha value is -0.890. The number of nitrogens with zero attached hydrogens (tertiary/aromatic N) is 1. The monoisotopic (exact) mass is 274 g/mol. The van der Waals surface area contributed by atoms with Crippen molar-refractivity contribution >= 4 is 0 Å². The van der Waals surface area contributed by atoms with Gasteiger partial charge in [0.1, 0.15) is 0 Å². The first-order chi connectivity index (χ1) is 9.39. The lowest BCUT2D eigenvalue weighted by Gasteiger charge is -2.40. The molecule has 1 aromatic heterocycles. The van der Waals surface area contributed by atoms with Crippen LogP contribution in [-0.4, -0.2) is 11.0 Å².